The summed E-state index contributed by atoms with van der Waals surface area (Å²) in [7, 11) is -3.26. The molecule has 136 valence electrons. The van der Waals surface area contributed by atoms with Crippen LogP contribution in [0.5, 0.6) is 5.75 Å². The number of nitrogens with one attached hydrogen (secondary N) is 2. The highest BCUT2D eigenvalue weighted by molar-refractivity contribution is 7.90. The smallest absolute Gasteiger partial charge is 0.258 e. The Labute approximate surface area is 145 Å². The first-order valence-corrected chi connectivity index (χ1v) is 9.67. The first-order chi connectivity index (χ1) is 11.1. The van der Waals surface area contributed by atoms with Crippen LogP contribution in [-0.4, -0.2) is 38.8 Å². The van der Waals surface area contributed by atoms with E-state index in [0.717, 1.165) is 5.56 Å². The van der Waals surface area contributed by atoms with Crippen molar-refractivity contribution in [2.75, 3.05) is 13.2 Å². The number of benzene rings is 1. The van der Waals surface area contributed by atoms with Crippen LogP contribution < -0.4 is 14.8 Å². The van der Waals surface area contributed by atoms with Gasteiger partial charge in [0.15, 0.2) is 6.61 Å². The Kier molecular flexibility index (Phi) is 7.69. The molecule has 2 N–H and O–H groups in total. The zero-order valence-corrected chi connectivity index (χ0v) is 15.8. The van der Waals surface area contributed by atoms with Gasteiger partial charge >= 0.3 is 0 Å². The van der Waals surface area contributed by atoms with Crippen molar-refractivity contribution in [3.05, 3.63) is 29.8 Å². The Morgan fingerprint density at radius 3 is 2.17 bits per heavy atom. The summed E-state index contributed by atoms with van der Waals surface area (Å²) in [5, 5.41) is 2.31. The molecule has 6 nitrogen and oxygen atoms in total. The Morgan fingerprint density at radius 2 is 1.67 bits per heavy atom. The van der Waals surface area contributed by atoms with Gasteiger partial charge in [0.2, 0.25) is 10.0 Å². The first-order valence-electron chi connectivity index (χ1n) is 8.12. The molecule has 1 atom stereocenters. The second-order valence-electron chi connectivity index (χ2n) is 6.42. The predicted octanol–water partition coefficient (Wildman–Crippen LogP) is 2.02. The van der Waals surface area contributed by atoms with E-state index >= 15 is 0 Å². The molecule has 0 saturated carbocycles. The highest BCUT2D eigenvalue weighted by Crippen LogP contribution is 2.19. The van der Waals surface area contributed by atoms with E-state index in [-0.39, 0.29) is 24.5 Å². The molecule has 1 amide bonds. The molecular formula is C17H28N2O4S. The SMILES string of the molecule is CC(C)NC(=O)COc1ccc(C(C)CNS(=O)(=O)C(C)C)cc1. The second kappa shape index (κ2) is 9.03. The Balaban J connectivity index is 2.53. The van der Waals surface area contributed by atoms with Gasteiger partial charge < -0.3 is 10.1 Å². The van der Waals surface area contributed by atoms with Crippen molar-refractivity contribution < 1.29 is 17.9 Å². The lowest BCUT2D eigenvalue weighted by molar-refractivity contribution is -0.123. The van der Waals surface area contributed by atoms with Crippen molar-refractivity contribution in [1.29, 1.82) is 0 Å². The van der Waals surface area contributed by atoms with Gasteiger partial charge in [-0.2, -0.15) is 0 Å². The molecule has 0 spiro atoms. The highest BCUT2D eigenvalue weighted by atomic mass is 32.2. The van der Waals surface area contributed by atoms with Gasteiger partial charge in [-0.15, -0.1) is 0 Å². The summed E-state index contributed by atoms with van der Waals surface area (Å²) in [6.07, 6.45) is 0. The average Bonchev–Trinajstić information content (AvgIpc) is 2.50. The molecule has 24 heavy (non-hydrogen) atoms. The van der Waals surface area contributed by atoms with Gasteiger partial charge in [0.05, 0.1) is 5.25 Å². The van der Waals surface area contributed by atoms with Crippen LogP contribution >= 0.6 is 0 Å². The Hall–Kier alpha value is -1.60. The lowest BCUT2D eigenvalue weighted by atomic mass is 10.0. The van der Waals surface area contributed by atoms with E-state index in [1.54, 1.807) is 26.0 Å². The van der Waals surface area contributed by atoms with Gasteiger partial charge in [0.25, 0.3) is 5.91 Å². The molecule has 1 aromatic rings. The van der Waals surface area contributed by atoms with E-state index in [4.69, 9.17) is 4.74 Å². The van der Waals surface area contributed by atoms with Crippen LogP contribution in [0.2, 0.25) is 0 Å². The van der Waals surface area contributed by atoms with Crippen molar-refractivity contribution in [3.8, 4) is 5.75 Å². The van der Waals surface area contributed by atoms with E-state index < -0.39 is 15.3 Å². The summed E-state index contributed by atoms with van der Waals surface area (Å²) >= 11 is 0. The fourth-order valence-corrected chi connectivity index (χ4v) is 2.75. The van der Waals surface area contributed by atoms with Crippen LogP contribution in [0.15, 0.2) is 24.3 Å². The largest absolute Gasteiger partial charge is 0.484 e. The topological polar surface area (TPSA) is 84.5 Å². The summed E-state index contributed by atoms with van der Waals surface area (Å²) in [6, 6.07) is 7.41. The summed E-state index contributed by atoms with van der Waals surface area (Å²) in [5.41, 5.74) is 1.00. The Morgan fingerprint density at radius 1 is 1.08 bits per heavy atom. The van der Waals surface area contributed by atoms with E-state index in [0.29, 0.717) is 12.3 Å². The molecule has 0 radical (unpaired) electrons. The van der Waals surface area contributed by atoms with E-state index in [2.05, 4.69) is 10.0 Å². The molecule has 0 aliphatic rings. The first kappa shape index (κ1) is 20.4. The maximum absolute atomic E-state index is 11.8. The molecule has 0 fully saturated rings. The molecule has 0 aliphatic carbocycles. The third-order valence-electron chi connectivity index (χ3n) is 3.48. The third kappa shape index (κ3) is 6.88. The summed E-state index contributed by atoms with van der Waals surface area (Å²) in [6.45, 7) is 9.35. The number of ether oxygens (including phenoxy) is 1. The molecule has 0 aromatic heterocycles. The van der Waals surface area contributed by atoms with Gasteiger partial charge in [-0.25, -0.2) is 13.1 Å². The standard InChI is InChI=1S/C17H28N2O4S/c1-12(2)19-17(20)11-23-16-8-6-15(7-9-16)14(5)10-18-24(21,22)13(3)4/h6-9,12-14,18H,10-11H2,1-5H3,(H,19,20). The normalized spacial score (nSPS) is 13.1. The van der Waals surface area contributed by atoms with Crippen LogP contribution in [-0.2, 0) is 14.8 Å². The van der Waals surface area contributed by atoms with Crippen LogP contribution in [0.4, 0.5) is 0 Å². The van der Waals surface area contributed by atoms with Gasteiger partial charge in [0.1, 0.15) is 5.75 Å². The number of rotatable bonds is 9. The molecule has 1 rings (SSSR count). The number of amides is 1. The van der Waals surface area contributed by atoms with Gasteiger partial charge in [0, 0.05) is 12.6 Å². The number of carbonyl (C=O) groups excluding carboxylic acids is 1. The average molecular weight is 356 g/mol. The van der Waals surface area contributed by atoms with E-state index in [1.807, 2.05) is 32.9 Å². The minimum absolute atomic E-state index is 0.0265. The molecule has 0 saturated heterocycles. The number of hydrogen-bond donors (Lipinski definition) is 2. The quantitative estimate of drug-likeness (QED) is 0.709. The third-order valence-corrected chi connectivity index (χ3v) is 5.29. The van der Waals surface area contributed by atoms with Crippen molar-refractivity contribution in [2.24, 2.45) is 0 Å². The molecule has 1 aromatic carbocycles. The zero-order valence-electron chi connectivity index (χ0n) is 15.0. The van der Waals surface area contributed by atoms with Crippen LogP contribution in [0.1, 0.15) is 46.1 Å². The van der Waals surface area contributed by atoms with Crippen molar-refractivity contribution in [2.45, 2.75) is 51.8 Å². The number of sulfonamides is 1. The molecule has 0 aliphatic heterocycles. The van der Waals surface area contributed by atoms with Crippen LogP contribution in [0, 0.1) is 0 Å². The van der Waals surface area contributed by atoms with Gasteiger partial charge in [-0.1, -0.05) is 19.1 Å². The monoisotopic (exact) mass is 356 g/mol. The summed E-state index contributed by atoms with van der Waals surface area (Å²) in [5.74, 6) is 0.481. The maximum atomic E-state index is 11.8. The van der Waals surface area contributed by atoms with Gasteiger partial charge in [-0.3, -0.25) is 4.79 Å². The molecule has 1 unspecified atom stereocenters. The molecule has 0 heterocycles. The molecule has 7 heteroatoms. The minimum atomic E-state index is -3.26. The van der Waals surface area contributed by atoms with Crippen molar-refractivity contribution in [3.63, 3.8) is 0 Å². The van der Waals surface area contributed by atoms with Gasteiger partial charge in [-0.05, 0) is 51.3 Å². The highest BCUT2D eigenvalue weighted by Gasteiger charge is 2.17. The van der Waals surface area contributed by atoms with E-state index in [9.17, 15) is 13.2 Å². The predicted molar refractivity (Wildman–Crippen MR) is 95.7 cm³/mol. The fourth-order valence-electron chi connectivity index (χ4n) is 1.93. The molecular weight excluding hydrogens is 328 g/mol. The minimum Gasteiger partial charge on any atom is -0.484 e. The lowest BCUT2D eigenvalue weighted by Gasteiger charge is -2.15. The lowest BCUT2D eigenvalue weighted by Crippen LogP contribution is -2.34. The number of hydrogen-bond acceptors (Lipinski definition) is 4. The summed E-state index contributed by atoms with van der Waals surface area (Å²) in [4.78, 5) is 11.5. The summed E-state index contributed by atoms with van der Waals surface area (Å²) < 4.78 is 31.6. The molecule has 0 bridgehead atoms. The second-order valence-corrected chi connectivity index (χ2v) is 8.74. The fraction of sp³-hybridized carbons (Fsp3) is 0.588. The maximum Gasteiger partial charge on any atom is 0.258 e. The van der Waals surface area contributed by atoms with Crippen molar-refractivity contribution >= 4 is 15.9 Å². The van der Waals surface area contributed by atoms with E-state index in [1.165, 1.54) is 0 Å². The van der Waals surface area contributed by atoms with Crippen LogP contribution in [0.25, 0.3) is 0 Å². The number of carbonyl (C=O) groups is 1. The van der Waals surface area contributed by atoms with Crippen molar-refractivity contribution in [1.82, 2.24) is 10.0 Å². The Bertz CT molecular complexity index is 624. The zero-order chi connectivity index (χ0) is 18.3. The van der Waals surface area contributed by atoms with Crippen LogP contribution in [0.3, 0.4) is 0 Å².